The fraction of sp³-hybridized carbons (Fsp3) is 0.565. The van der Waals surface area contributed by atoms with Crippen LogP contribution in [-0.2, 0) is 17.7 Å². The van der Waals surface area contributed by atoms with Crippen LogP contribution < -0.4 is 20.1 Å². The van der Waals surface area contributed by atoms with E-state index in [2.05, 4.69) is 4.98 Å². The second kappa shape index (κ2) is 7.93. The maximum Gasteiger partial charge on any atom is 0.413 e. The highest BCUT2D eigenvalue weighted by Gasteiger charge is 2.59. The molecule has 3 atom stereocenters. The monoisotopic (exact) mass is 464 g/mol. The number of alkyl halides is 3. The molecule has 2 bridgehead atoms. The number of fused-ring (bicyclic) bond motifs is 3. The molecule has 1 aromatic carbocycles. The van der Waals surface area contributed by atoms with Crippen LogP contribution in [0.15, 0.2) is 35.1 Å². The Morgan fingerprint density at radius 1 is 1.18 bits per heavy atom. The van der Waals surface area contributed by atoms with Gasteiger partial charge in [-0.25, -0.2) is 0 Å². The number of nitrogens with zero attached hydrogens (tertiary/aromatic N) is 4. The van der Waals surface area contributed by atoms with Crippen LogP contribution in [0.4, 0.5) is 24.9 Å². The zero-order valence-corrected chi connectivity index (χ0v) is 18.6. The van der Waals surface area contributed by atoms with Crippen LogP contribution in [0.25, 0.3) is 0 Å². The Balaban J connectivity index is 1.47. The second-order valence-electron chi connectivity index (χ2n) is 9.22. The number of aromatic nitrogens is 2. The summed E-state index contributed by atoms with van der Waals surface area (Å²) in [6, 6.07) is 8.59. The Morgan fingerprint density at radius 2 is 1.85 bits per heavy atom. The highest BCUT2D eigenvalue weighted by Crippen LogP contribution is 2.43. The quantitative estimate of drug-likeness (QED) is 0.678. The summed E-state index contributed by atoms with van der Waals surface area (Å²) in [6.45, 7) is 1.93. The molecule has 1 aromatic heterocycles. The Hall–Kier alpha value is -2.75. The maximum atomic E-state index is 14.3. The molecule has 178 valence electrons. The first kappa shape index (κ1) is 22.1. The lowest BCUT2D eigenvalue weighted by Gasteiger charge is -2.37. The van der Waals surface area contributed by atoms with Gasteiger partial charge >= 0.3 is 6.18 Å². The van der Waals surface area contributed by atoms with Crippen LogP contribution in [0.5, 0.6) is 5.75 Å². The maximum absolute atomic E-state index is 14.3. The summed E-state index contributed by atoms with van der Waals surface area (Å²) in [7, 11) is 1.56. The van der Waals surface area contributed by atoms with E-state index in [9.17, 15) is 18.0 Å². The first-order valence-electron chi connectivity index (χ1n) is 11.2. The van der Waals surface area contributed by atoms with Crippen molar-refractivity contribution in [3.05, 3.63) is 46.2 Å². The van der Waals surface area contributed by atoms with E-state index < -0.39 is 23.8 Å². The SMILES string of the molecule is COc1ccc(CCN2c3nc(N4CC5CC[C@@H](C4)O5)cc(=O)n3CC2(C)C(F)(F)F)cc1. The number of anilines is 2. The minimum Gasteiger partial charge on any atom is -0.497 e. The molecule has 0 spiro atoms. The van der Waals surface area contributed by atoms with Gasteiger partial charge in [0, 0.05) is 25.7 Å². The summed E-state index contributed by atoms with van der Waals surface area (Å²) in [6.07, 6.45) is -2.11. The van der Waals surface area contributed by atoms with Crippen LogP contribution in [-0.4, -0.2) is 60.2 Å². The minimum absolute atomic E-state index is 0.0738. The average molecular weight is 464 g/mol. The molecule has 10 heteroatoms. The van der Waals surface area contributed by atoms with Gasteiger partial charge in [0.2, 0.25) is 5.95 Å². The fourth-order valence-corrected chi connectivity index (χ4v) is 5.04. The lowest BCUT2D eigenvalue weighted by atomic mass is 10.00. The number of benzene rings is 1. The number of morpholine rings is 1. The third kappa shape index (κ3) is 3.84. The number of ether oxygens (including phenoxy) is 2. The Kier molecular flexibility index (Phi) is 5.30. The van der Waals surface area contributed by atoms with E-state index in [0.717, 1.165) is 29.9 Å². The van der Waals surface area contributed by atoms with Crippen molar-refractivity contribution in [3.63, 3.8) is 0 Å². The summed E-state index contributed by atoms with van der Waals surface area (Å²) in [5.41, 5.74) is -1.81. The Labute approximate surface area is 189 Å². The van der Waals surface area contributed by atoms with Gasteiger partial charge in [-0.2, -0.15) is 18.2 Å². The summed E-state index contributed by atoms with van der Waals surface area (Å²) in [5.74, 6) is 1.18. The van der Waals surface area contributed by atoms with Gasteiger partial charge in [-0.3, -0.25) is 9.36 Å². The molecule has 2 saturated heterocycles. The molecule has 0 saturated carbocycles. The van der Waals surface area contributed by atoms with Crippen molar-refractivity contribution >= 4 is 11.8 Å². The predicted molar refractivity (Wildman–Crippen MR) is 117 cm³/mol. The fourth-order valence-electron chi connectivity index (χ4n) is 5.04. The summed E-state index contributed by atoms with van der Waals surface area (Å²) in [4.78, 5) is 20.7. The van der Waals surface area contributed by atoms with E-state index in [1.165, 1.54) is 11.0 Å². The molecular formula is C23H27F3N4O3. The Morgan fingerprint density at radius 3 is 2.45 bits per heavy atom. The van der Waals surface area contributed by atoms with Crippen molar-refractivity contribution in [3.8, 4) is 5.75 Å². The van der Waals surface area contributed by atoms with Gasteiger partial charge < -0.3 is 19.3 Å². The number of hydrogen-bond acceptors (Lipinski definition) is 6. The summed E-state index contributed by atoms with van der Waals surface area (Å²) in [5, 5.41) is 0. The molecule has 5 rings (SSSR count). The molecule has 0 aliphatic carbocycles. The number of hydrogen-bond donors (Lipinski definition) is 0. The zero-order chi connectivity index (χ0) is 23.4. The molecule has 7 nitrogen and oxygen atoms in total. The minimum atomic E-state index is -4.54. The normalized spacial score (nSPS) is 26.6. The third-order valence-electron chi connectivity index (χ3n) is 7.04. The van der Waals surface area contributed by atoms with Gasteiger partial charge in [0.25, 0.3) is 5.56 Å². The van der Waals surface area contributed by atoms with Gasteiger partial charge in [-0.15, -0.1) is 0 Å². The molecule has 4 heterocycles. The van der Waals surface area contributed by atoms with E-state index >= 15 is 0 Å². The summed E-state index contributed by atoms with van der Waals surface area (Å²) >= 11 is 0. The van der Waals surface area contributed by atoms with E-state index in [-0.39, 0.29) is 24.7 Å². The Bertz CT molecular complexity index is 1080. The molecular weight excluding hydrogens is 437 g/mol. The predicted octanol–water partition coefficient (Wildman–Crippen LogP) is 3.00. The first-order valence-corrected chi connectivity index (χ1v) is 11.2. The zero-order valence-electron chi connectivity index (χ0n) is 18.6. The van der Waals surface area contributed by atoms with Crippen molar-refractivity contribution < 1.29 is 22.6 Å². The molecule has 2 aromatic rings. The van der Waals surface area contributed by atoms with Crippen LogP contribution in [0.1, 0.15) is 25.3 Å². The van der Waals surface area contributed by atoms with Gasteiger partial charge in [0.05, 0.1) is 25.9 Å². The highest BCUT2D eigenvalue weighted by molar-refractivity contribution is 5.50. The standard InChI is InChI=1S/C23H27F3N4O3/c1-22(23(24,25)26)14-29-20(31)11-19(28-12-17-7-8-18(13-28)33-17)27-21(29)30(22)10-9-15-3-5-16(32-2)6-4-15/h3-6,11,17-18H,7-10,12-14H2,1-2H3/t17-,18?,22?/m0/s1. The number of methoxy groups -OCH3 is 1. The molecule has 0 amide bonds. The van der Waals surface area contributed by atoms with Crippen LogP contribution in [0.2, 0.25) is 0 Å². The lowest BCUT2D eigenvalue weighted by Crippen LogP contribution is -2.56. The smallest absolute Gasteiger partial charge is 0.413 e. The molecule has 3 aliphatic heterocycles. The van der Waals surface area contributed by atoms with Gasteiger partial charge in [-0.05, 0) is 43.9 Å². The van der Waals surface area contributed by atoms with Gasteiger partial charge in [0.15, 0.2) is 5.54 Å². The molecule has 0 N–H and O–H groups in total. The largest absolute Gasteiger partial charge is 0.497 e. The highest BCUT2D eigenvalue weighted by atomic mass is 19.4. The molecule has 3 aliphatic rings. The van der Waals surface area contributed by atoms with Crippen LogP contribution >= 0.6 is 0 Å². The van der Waals surface area contributed by atoms with Crippen molar-refractivity contribution in [1.29, 1.82) is 0 Å². The van der Waals surface area contributed by atoms with Crippen molar-refractivity contribution in [2.75, 3.05) is 36.5 Å². The van der Waals surface area contributed by atoms with Crippen LogP contribution in [0, 0.1) is 0 Å². The van der Waals surface area contributed by atoms with Crippen molar-refractivity contribution in [1.82, 2.24) is 9.55 Å². The van der Waals surface area contributed by atoms with Gasteiger partial charge in [0.1, 0.15) is 11.6 Å². The van der Waals surface area contributed by atoms with Crippen LogP contribution in [0.3, 0.4) is 0 Å². The second-order valence-corrected chi connectivity index (χ2v) is 9.22. The number of halogens is 3. The molecule has 2 fully saturated rings. The first-order chi connectivity index (χ1) is 15.7. The lowest BCUT2D eigenvalue weighted by molar-refractivity contribution is -0.182. The van der Waals surface area contributed by atoms with E-state index in [4.69, 9.17) is 9.47 Å². The topological polar surface area (TPSA) is 59.8 Å². The summed E-state index contributed by atoms with van der Waals surface area (Å²) < 4.78 is 54.9. The van der Waals surface area contributed by atoms with E-state index in [1.807, 2.05) is 17.0 Å². The third-order valence-corrected chi connectivity index (χ3v) is 7.04. The number of rotatable bonds is 5. The van der Waals surface area contributed by atoms with Crippen molar-refractivity contribution in [2.24, 2.45) is 0 Å². The average Bonchev–Trinajstić information content (AvgIpc) is 3.28. The van der Waals surface area contributed by atoms with Gasteiger partial charge in [-0.1, -0.05) is 12.1 Å². The van der Waals surface area contributed by atoms with E-state index in [0.29, 0.717) is 31.1 Å². The molecule has 33 heavy (non-hydrogen) atoms. The molecule has 0 radical (unpaired) electrons. The van der Waals surface area contributed by atoms with Crippen molar-refractivity contribution in [2.45, 2.75) is 56.7 Å². The van der Waals surface area contributed by atoms with E-state index in [1.54, 1.807) is 19.2 Å². The molecule has 2 unspecified atom stereocenters.